The second kappa shape index (κ2) is 5.38. The van der Waals surface area contributed by atoms with Crippen molar-refractivity contribution in [1.82, 2.24) is 0 Å². The van der Waals surface area contributed by atoms with Crippen LogP contribution in [0.2, 0.25) is 0 Å². The molecule has 2 rings (SSSR count). The summed E-state index contributed by atoms with van der Waals surface area (Å²) in [5.41, 5.74) is 1.38. The molecule has 0 saturated heterocycles. The maximum absolute atomic E-state index is 11.0. The van der Waals surface area contributed by atoms with E-state index in [1.54, 1.807) is 6.07 Å². The summed E-state index contributed by atoms with van der Waals surface area (Å²) in [6.07, 6.45) is 0. The number of nitrogens with one attached hydrogen (secondary N) is 1. The molecule has 0 fully saturated rings. The quantitative estimate of drug-likeness (QED) is 0.351. The molecule has 0 amide bonds. The molecule has 2 N–H and O–H groups in total. The zero-order valence-electron chi connectivity index (χ0n) is 10.6. The van der Waals surface area contributed by atoms with Gasteiger partial charge in [-0.3, -0.25) is 4.55 Å². The van der Waals surface area contributed by atoms with E-state index in [0.717, 1.165) is 12.2 Å². The Hall–Kier alpha value is 0.0800. The Morgan fingerprint density at radius 2 is 2.24 bits per heavy atom. The van der Waals surface area contributed by atoms with E-state index in [1.807, 2.05) is 11.8 Å². The molecule has 0 bridgehead atoms. The Morgan fingerprint density at radius 3 is 2.76 bits per heavy atom. The van der Waals surface area contributed by atoms with Crippen molar-refractivity contribution >= 4 is 34.1 Å². The van der Waals surface area contributed by atoms with Gasteiger partial charge in [-0.2, -0.15) is 8.42 Å². The topological polar surface area (TPSA) is 69.6 Å². The maximum atomic E-state index is 11.0. The van der Waals surface area contributed by atoms with Crippen LogP contribution in [0.3, 0.4) is 0 Å². The summed E-state index contributed by atoms with van der Waals surface area (Å²) in [5.74, 6) is 0. The van der Waals surface area contributed by atoms with Crippen molar-refractivity contribution in [3.8, 4) is 0 Å². The van der Waals surface area contributed by atoms with Gasteiger partial charge in [-0.15, -0.1) is 12.6 Å². The molecule has 1 aliphatic heterocycles. The Kier molecular flexibility index (Phi) is 4.79. The van der Waals surface area contributed by atoms with Gasteiger partial charge in [-0.1, -0.05) is 0 Å². The smallest absolute Gasteiger partial charge is 1.00 e. The molecule has 0 aliphatic carbocycles. The second-order valence-corrected chi connectivity index (χ2v) is 5.37. The van der Waals surface area contributed by atoms with E-state index in [9.17, 15) is 8.42 Å². The molecule has 1 aromatic rings. The van der Waals surface area contributed by atoms with Crippen LogP contribution in [0.15, 0.2) is 23.1 Å². The molecule has 5 nitrogen and oxygen atoms in total. The minimum Gasteiger partial charge on any atom is -1.00 e. The predicted molar refractivity (Wildman–Crippen MR) is 66.8 cm³/mol. The van der Waals surface area contributed by atoms with Crippen LogP contribution in [0.25, 0.3) is 0 Å². The van der Waals surface area contributed by atoms with Crippen molar-refractivity contribution in [2.45, 2.75) is 17.3 Å². The molecule has 0 saturated carbocycles. The maximum Gasteiger partial charge on any atom is 1.00 e. The van der Waals surface area contributed by atoms with Crippen LogP contribution >= 0.6 is 12.6 Å². The van der Waals surface area contributed by atoms with Crippen molar-refractivity contribution in [1.29, 1.82) is 0 Å². The molecule has 0 aromatic heterocycles. The number of anilines is 2. The number of hydrogen-bond acceptors (Lipinski definition) is 5. The monoisotopic (exact) mass is 284 g/mol. The normalized spacial score (nSPS) is 18.3. The first-order valence-corrected chi connectivity index (χ1v) is 6.72. The predicted octanol–water partition coefficient (Wildman–Crippen LogP) is -1.48. The molecular weight excluding hydrogens is 271 g/mol. The van der Waals surface area contributed by atoms with Crippen molar-refractivity contribution in [2.24, 2.45) is 0 Å². The van der Waals surface area contributed by atoms with Crippen molar-refractivity contribution in [3.05, 3.63) is 18.2 Å². The fourth-order valence-electron chi connectivity index (χ4n) is 1.73. The third-order valence-corrected chi connectivity index (χ3v) is 3.75. The third-order valence-electron chi connectivity index (χ3n) is 2.50. The molecule has 0 radical (unpaired) electrons. The summed E-state index contributed by atoms with van der Waals surface area (Å²) in [5, 5.41) is 3.03. The van der Waals surface area contributed by atoms with Gasteiger partial charge in [-0.05, 0) is 25.1 Å². The minimum absolute atomic E-state index is 0. The first-order valence-electron chi connectivity index (χ1n) is 4.76. The number of fused-ring (bicyclic) bond motifs is 1. The van der Waals surface area contributed by atoms with Crippen molar-refractivity contribution in [3.63, 3.8) is 0 Å². The second-order valence-electron chi connectivity index (χ2n) is 3.46. The van der Waals surface area contributed by atoms with Crippen molar-refractivity contribution in [2.75, 3.05) is 16.8 Å². The summed E-state index contributed by atoms with van der Waals surface area (Å²) in [6.45, 7) is 2.75. The number of benzene rings is 1. The van der Waals surface area contributed by atoms with E-state index >= 15 is 0 Å². The number of rotatable bonds is 2. The van der Waals surface area contributed by atoms with Gasteiger partial charge in [0.05, 0.1) is 16.3 Å². The van der Waals surface area contributed by atoms with E-state index in [2.05, 4.69) is 17.9 Å². The molecule has 90 valence electrons. The van der Waals surface area contributed by atoms with Gasteiger partial charge in [0.2, 0.25) is 0 Å². The fraction of sp³-hybridized carbons (Fsp3) is 0.333. The summed E-state index contributed by atoms with van der Waals surface area (Å²) in [4.78, 5) is 1.86. The summed E-state index contributed by atoms with van der Waals surface area (Å²) in [6, 6.07) is 4.44. The van der Waals surface area contributed by atoms with E-state index < -0.39 is 10.1 Å². The largest absolute Gasteiger partial charge is 1.00 e. The van der Waals surface area contributed by atoms with Crippen LogP contribution in [0.1, 0.15) is 8.35 Å². The molecule has 1 heterocycles. The molecule has 1 unspecified atom stereocenters. The molecule has 1 aliphatic rings. The SMILES string of the molecule is CCN1c2ccc(S(=O)(=O)O)cc2NC1S.[H-].[Na+]. The van der Waals surface area contributed by atoms with Crippen LogP contribution in [-0.2, 0) is 10.1 Å². The van der Waals surface area contributed by atoms with Gasteiger partial charge in [0.25, 0.3) is 10.1 Å². The molecule has 8 heteroatoms. The first kappa shape index (κ1) is 15.1. The zero-order valence-corrected chi connectivity index (χ0v) is 13.3. The molecule has 0 spiro atoms. The zero-order chi connectivity index (χ0) is 11.9. The Morgan fingerprint density at radius 1 is 1.59 bits per heavy atom. The van der Waals surface area contributed by atoms with Gasteiger partial charge >= 0.3 is 29.6 Å². The van der Waals surface area contributed by atoms with Crippen LogP contribution in [0, 0.1) is 0 Å². The van der Waals surface area contributed by atoms with Crippen LogP contribution in [0.5, 0.6) is 0 Å². The van der Waals surface area contributed by atoms with Gasteiger partial charge in [-0.25, -0.2) is 0 Å². The summed E-state index contributed by atoms with van der Waals surface area (Å²) in [7, 11) is -4.15. The first-order chi connectivity index (χ1) is 7.43. The Labute approximate surface area is 130 Å². The van der Waals surface area contributed by atoms with Crippen LogP contribution < -0.4 is 39.8 Å². The fourth-order valence-corrected chi connectivity index (χ4v) is 2.67. The molecular formula is C9H13N2NaO3S2. The number of thiol groups is 1. The van der Waals surface area contributed by atoms with Crippen molar-refractivity contribution < 1.29 is 44.0 Å². The van der Waals surface area contributed by atoms with Gasteiger partial charge in [0.1, 0.15) is 5.50 Å². The van der Waals surface area contributed by atoms with E-state index in [4.69, 9.17) is 4.55 Å². The average molecular weight is 284 g/mol. The number of hydrogen-bond donors (Lipinski definition) is 3. The van der Waals surface area contributed by atoms with E-state index in [1.165, 1.54) is 12.1 Å². The minimum atomic E-state index is -4.15. The molecule has 17 heavy (non-hydrogen) atoms. The molecule has 1 aromatic carbocycles. The molecule has 1 atom stereocenters. The van der Waals surface area contributed by atoms with E-state index in [-0.39, 0.29) is 41.4 Å². The van der Waals surface area contributed by atoms with Crippen LogP contribution in [0.4, 0.5) is 11.4 Å². The summed E-state index contributed by atoms with van der Waals surface area (Å²) >= 11 is 4.32. The Bertz CT molecular complexity index is 527. The number of nitrogens with zero attached hydrogens (tertiary/aromatic N) is 1. The standard InChI is InChI=1S/C9H12N2O3S2.Na.H/c1-2-11-8-4-3-6(16(12,13)14)5-7(8)10-9(11)15;;/h3-5,9-10,15H,2H2,1H3,(H,12,13,14);;/q;+1;-1. The third kappa shape index (κ3) is 2.91. The van der Waals surface area contributed by atoms with Gasteiger partial charge in [0, 0.05) is 6.54 Å². The average Bonchev–Trinajstić information content (AvgIpc) is 2.50. The van der Waals surface area contributed by atoms with Gasteiger partial charge in [0.15, 0.2) is 0 Å². The summed E-state index contributed by atoms with van der Waals surface area (Å²) < 4.78 is 30.8. The van der Waals surface area contributed by atoms with E-state index in [0.29, 0.717) is 5.69 Å². The Balaban J connectivity index is 0.00000144. The van der Waals surface area contributed by atoms with Gasteiger partial charge < -0.3 is 11.6 Å². The van der Waals surface area contributed by atoms with Crippen LogP contribution in [-0.4, -0.2) is 25.0 Å².